The van der Waals surface area contributed by atoms with Gasteiger partial charge in [0.25, 0.3) is 12.0 Å². The molecule has 2 N–H and O–H groups in total. The average molecular weight is 497 g/mol. The predicted molar refractivity (Wildman–Crippen MR) is 126 cm³/mol. The number of benzene rings is 1. The zero-order valence-electron chi connectivity index (χ0n) is 19.5. The fourth-order valence-corrected chi connectivity index (χ4v) is 3.45. The van der Waals surface area contributed by atoms with Crippen LogP contribution in [-0.4, -0.2) is 35.5 Å². The third kappa shape index (κ3) is 6.44. The molecule has 2 rings (SSSR count). The number of hydrogen-bond donors (Lipinski definition) is 1. The number of alkyl halides is 2. The van der Waals surface area contributed by atoms with E-state index in [2.05, 4.69) is 0 Å². The molecule has 0 aliphatic rings. The second-order valence-corrected chi connectivity index (χ2v) is 8.89. The van der Waals surface area contributed by atoms with Gasteiger partial charge in [0.2, 0.25) is 5.78 Å². The predicted octanol–water partition coefficient (Wildman–Crippen LogP) is 4.60. The number of carbonyl (C=O) groups excluding carboxylic acids is 2. The highest BCUT2D eigenvalue weighted by Gasteiger charge is 2.27. The molecule has 1 heterocycles. The molecule has 34 heavy (non-hydrogen) atoms. The first-order valence-electron chi connectivity index (χ1n) is 10.4. The molecule has 0 aliphatic carbocycles. The molecular formula is C24H27ClF2N2O5. The van der Waals surface area contributed by atoms with Crippen LogP contribution in [0.5, 0.6) is 5.75 Å². The van der Waals surface area contributed by atoms with Crippen LogP contribution in [0, 0.1) is 0 Å². The monoisotopic (exact) mass is 496 g/mol. The van der Waals surface area contributed by atoms with E-state index in [1.807, 2.05) is 0 Å². The number of pyridine rings is 1. The molecule has 1 unspecified atom stereocenters. The number of nitrogens with zero attached hydrogens (tertiary/aromatic N) is 1. The van der Waals surface area contributed by atoms with Gasteiger partial charge in [0.05, 0.1) is 13.3 Å². The molecule has 0 fully saturated rings. The van der Waals surface area contributed by atoms with E-state index in [9.17, 15) is 23.2 Å². The number of hydrogen-bond acceptors (Lipinski definition) is 6. The lowest BCUT2D eigenvalue weighted by atomic mass is 9.97. The number of nitrogens with two attached hydrogens (primary N) is 1. The first-order valence-corrected chi connectivity index (χ1v) is 10.8. The Hall–Kier alpha value is -3.20. The van der Waals surface area contributed by atoms with E-state index in [1.54, 1.807) is 27.7 Å². The second kappa shape index (κ2) is 10.8. The number of esters is 1. The van der Waals surface area contributed by atoms with E-state index in [0.717, 1.165) is 0 Å². The van der Waals surface area contributed by atoms with Gasteiger partial charge in [-0.25, -0.2) is 13.6 Å². The summed E-state index contributed by atoms with van der Waals surface area (Å²) < 4.78 is 37.5. The fourth-order valence-electron chi connectivity index (χ4n) is 3.28. The zero-order valence-corrected chi connectivity index (χ0v) is 20.3. The minimum absolute atomic E-state index is 0.193. The summed E-state index contributed by atoms with van der Waals surface area (Å²) in [5, 5.41) is 0.276. The van der Waals surface area contributed by atoms with Gasteiger partial charge in [0.1, 0.15) is 17.4 Å². The van der Waals surface area contributed by atoms with E-state index in [4.69, 9.17) is 26.8 Å². The maximum atomic E-state index is 13.1. The van der Waals surface area contributed by atoms with Gasteiger partial charge in [-0.3, -0.25) is 14.2 Å². The van der Waals surface area contributed by atoms with Gasteiger partial charge in [0.15, 0.2) is 0 Å². The van der Waals surface area contributed by atoms with Gasteiger partial charge in [-0.05, 0) is 44.9 Å². The van der Waals surface area contributed by atoms with Gasteiger partial charge in [0, 0.05) is 34.0 Å². The number of methoxy groups -OCH3 is 1. The topological polar surface area (TPSA) is 101 Å². The number of allylic oxidation sites excluding steroid dienone is 1. The Balaban J connectivity index is 2.68. The van der Waals surface area contributed by atoms with Crippen LogP contribution in [0.1, 0.15) is 45.7 Å². The van der Waals surface area contributed by atoms with Crippen LogP contribution in [0.2, 0.25) is 5.02 Å². The lowest BCUT2D eigenvalue weighted by Gasteiger charge is -2.25. The molecule has 0 amide bonds. The highest BCUT2D eigenvalue weighted by molar-refractivity contribution is 6.31. The molecule has 0 saturated heterocycles. The van der Waals surface area contributed by atoms with Crippen LogP contribution in [0.25, 0.3) is 16.8 Å². The first-order chi connectivity index (χ1) is 15.8. The molecule has 0 radical (unpaired) electrons. The maximum absolute atomic E-state index is 13.1. The van der Waals surface area contributed by atoms with Crippen LogP contribution in [0.3, 0.4) is 0 Å². The van der Waals surface area contributed by atoms with Crippen molar-refractivity contribution in [3.63, 3.8) is 0 Å². The molecule has 184 valence electrons. The Labute approximate surface area is 201 Å². The normalized spacial score (nSPS) is 13.0. The van der Waals surface area contributed by atoms with Crippen molar-refractivity contribution < 1.29 is 27.8 Å². The lowest BCUT2D eigenvalue weighted by Crippen LogP contribution is -2.34. The summed E-state index contributed by atoms with van der Waals surface area (Å²) in [6.45, 7) is 6.91. The molecule has 0 saturated carbocycles. The van der Waals surface area contributed by atoms with Gasteiger partial charge >= 0.3 is 5.97 Å². The molecule has 1 aromatic heterocycles. The Kier molecular flexibility index (Phi) is 8.61. The maximum Gasteiger partial charge on any atom is 0.329 e. The van der Waals surface area contributed by atoms with Gasteiger partial charge < -0.3 is 15.2 Å². The molecular weight excluding hydrogens is 470 g/mol. The largest absolute Gasteiger partial charge is 0.495 e. The van der Waals surface area contributed by atoms with Crippen LogP contribution < -0.4 is 16.0 Å². The minimum Gasteiger partial charge on any atom is -0.495 e. The van der Waals surface area contributed by atoms with Crippen molar-refractivity contribution in [1.29, 1.82) is 0 Å². The number of ether oxygens (including phenoxy) is 2. The number of carbonyl (C=O) groups is 2. The van der Waals surface area contributed by atoms with Crippen molar-refractivity contribution in [2.75, 3.05) is 7.11 Å². The smallest absolute Gasteiger partial charge is 0.329 e. The fraction of sp³-hybridized carbons (Fsp3) is 0.375. The van der Waals surface area contributed by atoms with Crippen molar-refractivity contribution in [2.24, 2.45) is 5.73 Å². The SMILES string of the molecule is CCC(C(=O)OC(C)(C)C)n1cc(OC)c(-c2cc(Cl)ccc2C(N)=CC(=O)C(F)F)cc1=O. The van der Waals surface area contributed by atoms with Crippen LogP contribution >= 0.6 is 11.6 Å². The van der Waals surface area contributed by atoms with E-state index in [-0.39, 0.29) is 39.6 Å². The molecule has 10 heteroatoms. The highest BCUT2D eigenvalue weighted by Crippen LogP contribution is 2.36. The van der Waals surface area contributed by atoms with Crippen molar-refractivity contribution in [2.45, 2.75) is 52.2 Å². The van der Waals surface area contributed by atoms with Gasteiger partial charge in [-0.1, -0.05) is 24.6 Å². The number of rotatable bonds is 8. The van der Waals surface area contributed by atoms with Crippen molar-refractivity contribution >= 4 is 29.1 Å². The molecule has 0 spiro atoms. The zero-order chi connectivity index (χ0) is 25.8. The third-order valence-electron chi connectivity index (χ3n) is 4.76. The number of ketones is 1. The Morgan fingerprint density at radius 2 is 1.85 bits per heavy atom. The van der Waals surface area contributed by atoms with E-state index in [1.165, 1.54) is 42.1 Å². The van der Waals surface area contributed by atoms with Crippen molar-refractivity contribution in [1.82, 2.24) is 4.57 Å². The van der Waals surface area contributed by atoms with Gasteiger partial charge in [-0.2, -0.15) is 0 Å². The highest BCUT2D eigenvalue weighted by atomic mass is 35.5. The average Bonchev–Trinajstić information content (AvgIpc) is 2.73. The lowest BCUT2D eigenvalue weighted by molar-refractivity contribution is -0.159. The second-order valence-electron chi connectivity index (χ2n) is 8.45. The summed E-state index contributed by atoms with van der Waals surface area (Å²) in [6, 6.07) is 4.71. The summed E-state index contributed by atoms with van der Waals surface area (Å²) >= 11 is 6.14. The summed E-state index contributed by atoms with van der Waals surface area (Å²) in [5.74, 6) is -1.84. The number of halogens is 3. The van der Waals surface area contributed by atoms with E-state index < -0.39 is 35.4 Å². The Bertz CT molecular complexity index is 1170. The summed E-state index contributed by atoms with van der Waals surface area (Å²) in [7, 11) is 1.37. The third-order valence-corrected chi connectivity index (χ3v) is 5.00. The first kappa shape index (κ1) is 27.0. The standard InChI is InChI=1S/C24H27ClF2N2O5/c1-6-18(23(32)34-24(2,3)4)29-12-20(33-5)16(10-21(29)31)15-9-13(25)7-8-14(15)17(28)11-19(30)22(26)27/h7-12,18,22H,6,28H2,1-5H3. The molecule has 0 aliphatic heterocycles. The van der Waals surface area contributed by atoms with Gasteiger partial charge in [-0.15, -0.1) is 0 Å². The molecule has 1 aromatic carbocycles. The Morgan fingerprint density at radius 1 is 1.21 bits per heavy atom. The minimum atomic E-state index is -3.22. The van der Waals surface area contributed by atoms with Crippen LogP contribution in [0.15, 0.2) is 41.3 Å². The summed E-state index contributed by atoms with van der Waals surface area (Å²) in [5.41, 5.74) is 5.16. The molecule has 1 atom stereocenters. The van der Waals surface area contributed by atoms with Crippen LogP contribution in [-0.2, 0) is 14.3 Å². The van der Waals surface area contributed by atoms with Crippen molar-refractivity contribution in [3.05, 3.63) is 57.5 Å². The summed E-state index contributed by atoms with van der Waals surface area (Å²) in [4.78, 5) is 37.2. The number of aromatic nitrogens is 1. The van der Waals surface area contributed by atoms with Crippen LogP contribution in [0.4, 0.5) is 8.78 Å². The molecule has 0 bridgehead atoms. The molecule has 7 nitrogen and oxygen atoms in total. The quantitative estimate of drug-likeness (QED) is 0.423. The van der Waals surface area contributed by atoms with E-state index >= 15 is 0 Å². The Morgan fingerprint density at radius 3 is 2.38 bits per heavy atom. The van der Waals surface area contributed by atoms with E-state index in [0.29, 0.717) is 6.08 Å². The summed E-state index contributed by atoms with van der Waals surface area (Å²) in [6.07, 6.45) is -0.942. The molecule has 2 aromatic rings. The van der Waals surface area contributed by atoms with Crippen molar-refractivity contribution in [3.8, 4) is 16.9 Å².